The number of hydrogen-bond acceptors (Lipinski definition) is 3. The maximum atomic E-state index is 4.19. The normalized spacial score (nSPS) is 12.5. The molecule has 2 nitrogen and oxygen atoms in total. The Morgan fingerprint density at radius 1 is 1.37 bits per heavy atom. The summed E-state index contributed by atoms with van der Waals surface area (Å²) in [4.78, 5) is 5.62. The summed E-state index contributed by atoms with van der Waals surface area (Å²) in [6, 6.07) is 6.90. The Morgan fingerprint density at radius 3 is 2.89 bits per heavy atom. The highest BCUT2D eigenvalue weighted by molar-refractivity contribution is 7.10. The van der Waals surface area contributed by atoms with E-state index in [0.29, 0.717) is 6.04 Å². The predicted molar refractivity (Wildman–Crippen MR) is 82.6 cm³/mol. The second kappa shape index (κ2) is 7.41. The molecular formula is C16H22N2S. The topological polar surface area (TPSA) is 24.9 Å². The average Bonchev–Trinajstić information content (AvgIpc) is 2.86. The van der Waals surface area contributed by atoms with Gasteiger partial charge in [-0.1, -0.05) is 13.0 Å². The molecule has 2 aromatic rings. The molecule has 0 aromatic carbocycles. The lowest BCUT2D eigenvalue weighted by Gasteiger charge is -2.18. The van der Waals surface area contributed by atoms with Crippen LogP contribution in [0.3, 0.4) is 0 Å². The number of nitrogens with one attached hydrogen (secondary N) is 1. The summed E-state index contributed by atoms with van der Waals surface area (Å²) in [5, 5.41) is 5.86. The molecule has 1 N–H and O–H groups in total. The molecule has 0 aliphatic heterocycles. The summed E-state index contributed by atoms with van der Waals surface area (Å²) < 4.78 is 0. The number of rotatable bonds is 7. The Kier molecular flexibility index (Phi) is 5.55. The number of pyridine rings is 1. The second-order valence-electron chi connectivity index (χ2n) is 4.84. The molecule has 102 valence electrons. The lowest BCUT2D eigenvalue weighted by Crippen LogP contribution is -2.22. The zero-order valence-electron chi connectivity index (χ0n) is 11.7. The number of thiophene rings is 1. The van der Waals surface area contributed by atoms with E-state index in [9.17, 15) is 0 Å². The number of aromatic nitrogens is 1. The molecule has 0 fully saturated rings. The van der Waals surface area contributed by atoms with E-state index in [4.69, 9.17) is 0 Å². The lowest BCUT2D eigenvalue weighted by molar-refractivity contribution is 0.498. The first-order valence-corrected chi connectivity index (χ1v) is 7.85. The van der Waals surface area contributed by atoms with Gasteiger partial charge in [0.15, 0.2) is 0 Å². The smallest absolute Gasteiger partial charge is 0.0334 e. The fraction of sp³-hybridized carbons (Fsp3) is 0.438. The molecule has 3 heteroatoms. The molecule has 0 radical (unpaired) electrons. The zero-order valence-corrected chi connectivity index (χ0v) is 12.5. The van der Waals surface area contributed by atoms with E-state index in [-0.39, 0.29) is 0 Å². The highest BCUT2D eigenvalue weighted by Crippen LogP contribution is 2.26. The van der Waals surface area contributed by atoms with Crippen LogP contribution >= 0.6 is 11.3 Å². The maximum absolute atomic E-state index is 4.19. The van der Waals surface area contributed by atoms with Gasteiger partial charge in [-0.2, -0.15) is 0 Å². The van der Waals surface area contributed by atoms with Crippen molar-refractivity contribution in [2.75, 3.05) is 6.54 Å². The molecule has 2 rings (SSSR count). The van der Waals surface area contributed by atoms with Crippen molar-refractivity contribution < 1.29 is 0 Å². The average molecular weight is 274 g/mol. The Labute approximate surface area is 119 Å². The first-order valence-electron chi connectivity index (χ1n) is 6.97. The van der Waals surface area contributed by atoms with Crippen LogP contribution < -0.4 is 5.32 Å². The van der Waals surface area contributed by atoms with Gasteiger partial charge in [0.05, 0.1) is 0 Å². The van der Waals surface area contributed by atoms with Crippen LogP contribution in [0, 0.1) is 6.92 Å². The summed E-state index contributed by atoms with van der Waals surface area (Å²) in [6.07, 6.45) is 7.18. The molecule has 2 aromatic heterocycles. The van der Waals surface area contributed by atoms with Crippen LogP contribution in [0.25, 0.3) is 0 Å². The largest absolute Gasteiger partial charge is 0.310 e. The van der Waals surface area contributed by atoms with Crippen molar-refractivity contribution in [3.63, 3.8) is 0 Å². The molecule has 0 aliphatic carbocycles. The number of hydrogen-bond donors (Lipinski definition) is 1. The minimum Gasteiger partial charge on any atom is -0.310 e. The molecule has 0 spiro atoms. The van der Waals surface area contributed by atoms with Crippen LogP contribution in [0.2, 0.25) is 0 Å². The number of nitrogens with zero attached hydrogens (tertiary/aromatic N) is 1. The van der Waals surface area contributed by atoms with Crippen LogP contribution in [0.15, 0.2) is 36.0 Å². The van der Waals surface area contributed by atoms with Gasteiger partial charge in [-0.15, -0.1) is 11.3 Å². The van der Waals surface area contributed by atoms with Crippen molar-refractivity contribution in [1.82, 2.24) is 10.3 Å². The van der Waals surface area contributed by atoms with Crippen molar-refractivity contribution in [3.05, 3.63) is 52.0 Å². The molecule has 0 amide bonds. The van der Waals surface area contributed by atoms with Gasteiger partial charge in [-0.05, 0) is 61.4 Å². The first kappa shape index (κ1) is 14.2. The third-order valence-corrected chi connectivity index (χ3v) is 4.22. The first-order chi connectivity index (χ1) is 9.31. The highest BCUT2D eigenvalue weighted by Gasteiger charge is 2.13. The Bertz CT molecular complexity index is 479. The standard InChI is InChI=1S/C16H22N2S/c1-3-9-18-16(15-8-11-19-13(15)2)7-6-14-5-4-10-17-12-14/h4-5,8,10-12,16,18H,3,6-7,9H2,1-2H3. The molecule has 0 saturated carbocycles. The second-order valence-corrected chi connectivity index (χ2v) is 5.96. The van der Waals surface area contributed by atoms with Crippen LogP contribution in [0.5, 0.6) is 0 Å². The third-order valence-electron chi connectivity index (χ3n) is 3.36. The fourth-order valence-electron chi connectivity index (χ4n) is 2.30. The van der Waals surface area contributed by atoms with Gasteiger partial charge in [0.1, 0.15) is 0 Å². The van der Waals surface area contributed by atoms with Crippen molar-refractivity contribution >= 4 is 11.3 Å². The molecule has 0 saturated heterocycles. The Morgan fingerprint density at radius 2 is 2.26 bits per heavy atom. The summed E-state index contributed by atoms with van der Waals surface area (Å²) >= 11 is 1.84. The molecule has 19 heavy (non-hydrogen) atoms. The van der Waals surface area contributed by atoms with Gasteiger partial charge in [0.25, 0.3) is 0 Å². The van der Waals surface area contributed by atoms with Gasteiger partial charge in [0, 0.05) is 23.3 Å². The van der Waals surface area contributed by atoms with Gasteiger partial charge in [0.2, 0.25) is 0 Å². The van der Waals surface area contributed by atoms with E-state index in [1.165, 1.54) is 22.4 Å². The summed E-state index contributed by atoms with van der Waals surface area (Å²) in [5.74, 6) is 0. The van der Waals surface area contributed by atoms with E-state index in [2.05, 4.69) is 41.7 Å². The molecule has 1 unspecified atom stereocenters. The highest BCUT2D eigenvalue weighted by atomic mass is 32.1. The molecule has 0 aliphatic rings. The van der Waals surface area contributed by atoms with Crippen LogP contribution in [0.4, 0.5) is 0 Å². The van der Waals surface area contributed by atoms with Crippen molar-refractivity contribution in [2.45, 2.75) is 39.2 Å². The summed E-state index contributed by atoms with van der Waals surface area (Å²) in [5.41, 5.74) is 2.78. The number of aryl methyl sites for hydroxylation is 2. The minimum atomic E-state index is 0.464. The van der Waals surface area contributed by atoms with Crippen LogP contribution in [0.1, 0.15) is 41.8 Å². The van der Waals surface area contributed by atoms with E-state index < -0.39 is 0 Å². The monoisotopic (exact) mass is 274 g/mol. The maximum Gasteiger partial charge on any atom is 0.0334 e. The van der Waals surface area contributed by atoms with Gasteiger partial charge < -0.3 is 5.32 Å². The fourth-order valence-corrected chi connectivity index (χ4v) is 3.06. The Hall–Kier alpha value is -1.19. The molecule has 0 bridgehead atoms. The lowest BCUT2D eigenvalue weighted by atomic mass is 10.00. The summed E-state index contributed by atoms with van der Waals surface area (Å²) in [7, 11) is 0. The summed E-state index contributed by atoms with van der Waals surface area (Å²) in [6.45, 7) is 5.50. The van der Waals surface area contributed by atoms with Crippen molar-refractivity contribution in [1.29, 1.82) is 0 Å². The Balaban J connectivity index is 2.00. The van der Waals surface area contributed by atoms with Crippen LogP contribution in [-0.4, -0.2) is 11.5 Å². The van der Waals surface area contributed by atoms with Crippen LogP contribution in [-0.2, 0) is 6.42 Å². The SMILES string of the molecule is CCCNC(CCc1cccnc1)c1ccsc1C. The van der Waals surface area contributed by atoms with E-state index in [1.807, 2.05) is 29.8 Å². The predicted octanol–water partition coefficient (Wildman–Crippen LogP) is 4.13. The molecular weight excluding hydrogens is 252 g/mol. The van der Waals surface area contributed by atoms with Gasteiger partial charge in [-0.3, -0.25) is 4.98 Å². The third kappa shape index (κ3) is 4.15. The minimum absolute atomic E-state index is 0.464. The quantitative estimate of drug-likeness (QED) is 0.821. The van der Waals surface area contributed by atoms with E-state index >= 15 is 0 Å². The molecule has 1 atom stereocenters. The molecule has 2 heterocycles. The van der Waals surface area contributed by atoms with Crippen molar-refractivity contribution in [3.8, 4) is 0 Å². The zero-order chi connectivity index (χ0) is 13.5. The van der Waals surface area contributed by atoms with Gasteiger partial charge >= 0.3 is 0 Å². The van der Waals surface area contributed by atoms with E-state index in [1.54, 1.807) is 0 Å². The van der Waals surface area contributed by atoms with Gasteiger partial charge in [-0.25, -0.2) is 0 Å². The van der Waals surface area contributed by atoms with E-state index in [0.717, 1.165) is 19.4 Å². The van der Waals surface area contributed by atoms with Crippen molar-refractivity contribution in [2.24, 2.45) is 0 Å².